The second-order valence-corrected chi connectivity index (χ2v) is 7.06. The molecular formula is C15H21NO3. The summed E-state index contributed by atoms with van der Waals surface area (Å²) in [5.74, 6) is 1.79. The summed E-state index contributed by atoms with van der Waals surface area (Å²) in [5.41, 5.74) is 0. The molecule has 4 saturated carbocycles. The van der Waals surface area contributed by atoms with E-state index in [0.29, 0.717) is 24.2 Å². The number of fused-ring (bicyclic) bond motifs is 1. The van der Waals surface area contributed by atoms with Gasteiger partial charge in [-0.05, 0) is 42.9 Å². The summed E-state index contributed by atoms with van der Waals surface area (Å²) >= 11 is 0. The van der Waals surface area contributed by atoms with E-state index in [1.165, 1.54) is 19.3 Å². The zero-order chi connectivity index (χ0) is 13.1. The van der Waals surface area contributed by atoms with Crippen LogP contribution in [0.3, 0.4) is 0 Å². The van der Waals surface area contributed by atoms with Gasteiger partial charge in [0.1, 0.15) is 0 Å². The first-order valence-electron chi connectivity index (χ1n) is 7.68. The lowest BCUT2D eigenvalue weighted by molar-refractivity contribution is -0.142. The first-order valence-corrected chi connectivity index (χ1v) is 7.68. The van der Waals surface area contributed by atoms with Gasteiger partial charge in [0, 0.05) is 12.0 Å². The Kier molecular flexibility index (Phi) is 2.45. The molecule has 104 valence electrons. The third-order valence-corrected chi connectivity index (χ3v) is 6.01. The van der Waals surface area contributed by atoms with Crippen LogP contribution in [0.5, 0.6) is 0 Å². The SMILES string of the molecule is O=C(O)[C@@H]1C[C@H](NC(=O)[C@@H]2C[C@H]2C2CCC2)[C@H]2C[C@H]21. The van der Waals surface area contributed by atoms with Gasteiger partial charge in [0.05, 0.1) is 5.92 Å². The van der Waals surface area contributed by atoms with E-state index < -0.39 is 5.97 Å². The molecule has 0 spiro atoms. The third kappa shape index (κ3) is 1.87. The number of carboxylic acid groups (broad SMARTS) is 1. The zero-order valence-electron chi connectivity index (χ0n) is 11.0. The maximum atomic E-state index is 12.2. The summed E-state index contributed by atoms with van der Waals surface area (Å²) in [6, 6.07) is 0.140. The van der Waals surface area contributed by atoms with Crippen molar-refractivity contribution in [3.8, 4) is 0 Å². The second kappa shape index (κ2) is 3.97. The molecule has 0 radical (unpaired) electrons. The van der Waals surface area contributed by atoms with E-state index in [2.05, 4.69) is 5.32 Å². The minimum Gasteiger partial charge on any atom is -0.481 e. The minimum atomic E-state index is -0.678. The van der Waals surface area contributed by atoms with Gasteiger partial charge in [0.15, 0.2) is 0 Å². The molecule has 0 aromatic carbocycles. The Morgan fingerprint density at radius 1 is 0.947 bits per heavy atom. The summed E-state index contributed by atoms with van der Waals surface area (Å²) in [6.07, 6.45) is 6.67. The number of carbonyl (C=O) groups is 2. The van der Waals surface area contributed by atoms with Crippen LogP contribution in [-0.4, -0.2) is 23.0 Å². The number of hydrogen-bond acceptors (Lipinski definition) is 2. The standard InChI is InChI=1S/C15H21NO3/c17-14(11-4-8(11)7-2-1-3-7)16-13-6-12(15(18)19)9-5-10(9)13/h7-13H,1-6H2,(H,16,17)(H,18,19)/t8-,9+,10-,11+,12+,13-/m0/s1. The van der Waals surface area contributed by atoms with Crippen molar-refractivity contribution in [2.24, 2.45) is 35.5 Å². The number of hydrogen-bond donors (Lipinski definition) is 2. The van der Waals surface area contributed by atoms with E-state index in [-0.39, 0.29) is 23.8 Å². The number of carbonyl (C=O) groups excluding carboxylic acids is 1. The normalized spacial score (nSPS) is 47.2. The van der Waals surface area contributed by atoms with E-state index in [0.717, 1.165) is 18.8 Å². The van der Waals surface area contributed by atoms with E-state index in [9.17, 15) is 9.59 Å². The fourth-order valence-electron chi connectivity index (χ4n) is 4.43. The maximum absolute atomic E-state index is 12.2. The molecule has 0 saturated heterocycles. The first kappa shape index (κ1) is 11.7. The predicted molar refractivity (Wildman–Crippen MR) is 68.2 cm³/mol. The van der Waals surface area contributed by atoms with E-state index in [1.807, 2.05) is 0 Å². The molecule has 0 aliphatic heterocycles. The molecule has 0 aromatic rings. The van der Waals surface area contributed by atoms with Crippen molar-refractivity contribution in [1.29, 1.82) is 0 Å². The Balaban J connectivity index is 1.31. The predicted octanol–water partition coefficient (Wildman–Crippen LogP) is 1.65. The van der Waals surface area contributed by atoms with E-state index in [4.69, 9.17) is 5.11 Å². The molecule has 0 unspecified atom stereocenters. The van der Waals surface area contributed by atoms with Crippen molar-refractivity contribution >= 4 is 11.9 Å². The Bertz CT molecular complexity index is 431. The summed E-state index contributed by atoms with van der Waals surface area (Å²) < 4.78 is 0. The van der Waals surface area contributed by atoms with Crippen molar-refractivity contribution in [3.63, 3.8) is 0 Å². The van der Waals surface area contributed by atoms with Crippen molar-refractivity contribution in [1.82, 2.24) is 5.32 Å². The lowest BCUT2D eigenvalue weighted by atomic mass is 9.81. The van der Waals surface area contributed by atoms with E-state index in [1.54, 1.807) is 0 Å². The largest absolute Gasteiger partial charge is 0.481 e. The van der Waals surface area contributed by atoms with Crippen LogP contribution in [0.1, 0.15) is 38.5 Å². The zero-order valence-corrected chi connectivity index (χ0v) is 11.0. The molecule has 0 aromatic heterocycles. The van der Waals surface area contributed by atoms with E-state index >= 15 is 0 Å². The van der Waals surface area contributed by atoms with Gasteiger partial charge >= 0.3 is 5.97 Å². The van der Waals surface area contributed by atoms with Gasteiger partial charge in [-0.3, -0.25) is 9.59 Å². The fourth-order valence-corrected chi connectivity index (χ4v) is 4.43. The molecule has 4 aliphatic rings. The van der Waals surface area contributed by atoms with Crippen molar-refractivity contribution in [2.45, 2.75) is 44.6 Å². The molecule has 19 heavy (non-hydrogen) atoms. The van der Waals surface area contributed by atoms with Gasteiger partial charge in [0.2, 0.25) is 5.91 Å². The van der Waals surface area contributed by atoms with Crippen LogP contribution in [0.4, 0.5) is 0 Å². The lowest BCUT2D eigenvalue weighted by Crippen LogP contribution is -2.37. The second-order valence-electron chi connectivity index (χ2n) is 7.06. The fraction of sp³-hybridized carbons (Fsp3) is 0.867. The van der Waals surface area contributed by atoms with Gasteiger partial charge in [-0.1, -0.05) is 19.3 Å². The van der Waals surface area contributed by atoms with Gasteiger partial charge in [-0.25, -0.2) is 0 Å². The van der Waals surface area contributed by atoms with Crippen LogP contribution in [0.2, 0.25) is 0 Å². The Labute approximate surface area is 112 Å². The molecule has 4 heteroatoms. The van der Waals surface area contributed by atoms with Crippen LogP contribution in [0.25, 0.3) is 0 Å². The highest BCUT2D eigenvalue weighted by Crippen LogP contribution is 2.56. The number of rotatable bonds is 4. The lowest BCUT2D eigenvalue weighted by Gasteiger charge is -2.25. The summed E-state index contributed by atoms with van der Waals surface area (Å²) in [5, 5.41) is 12.3. The van der Waals surface area contributed by atoms with Crippen LogP contribution in [0, 0.1) is 35.5 Å². The molecular weight excluding hydrogens is 242 g/mol. The monoisotopic (exact) mass is 263 g/mol. The Morgan fingerprint density at radius 2 is 1.74 bits per heavy atom. The Hall–Kier alpha value is -1.06. The summed E-state index contributed by atoms with van der Waals surface area (Å²) in [6.45, 7) is 0. The van der Waals surface area contributed by atoms with Crippen molar-refractivity contribution < 1.29 is 14.7 Å². The molecule has 0 bridgehead atoms. The first-order chi connectivity index (χ1) is 9.15. The van der Waals surface area contributed by atoms with Gasteiger partial charge in [0.25, 0.3) is 0 Å². The highest BCUT2D eigenvalue weighted by Gasteiger charge is 2.58. The number of carboxylic acids is 1. The number of amides is 1. The van der Waals surface area contributed by atoms with Crippen LogP contribution in [-0.2, 0) is 9.59 Å². The smallest absolute Gasteiger partial charge is 0.306 e. The average molecular weight is 263 g/mol. The summed E-state index contributed by atoms with van der Waals surface area (Å²) in [7, 11) is 0. The highest BCUT2D eigenvalue weighted by atomic mass is 16.4. The number of nitrogens with one attached hydrogen (secondary N) is 1. The molecule has 1 amide bonds. The average Bonchev–Trinajstić information content (AvgIpc) is 3.16. The topological polar surface area (TPSA) is 66.4 Å². The maximum Gasteiger partial charge on any atom is 0.306 e. The van der Waals surface area contributed by atoms with Crippen molar-refractivity contribution in [2.75, 3.05) is 0 Å². The molecule has 4 rings (SSSR count). The minimum absolute atomic E-state index is 0.140. The molecule has 6 atom stereocenters. The molecule has 0 heterocycles. The quantitative estimate of drug-likeness (QED) is 0.810. The third-order valence-electron chi connectivity index (χ3n) is 6.01. The Morgan fingerprint density at radius 3 is 2.32 bits per heavy atom. The molecule has 2 N–H and O–H groups in total. The molecule has 4 fully saturated rings. The highest BCUT2D eigenvalue weighted by molar-refractivity contribution is 5.82. The van der Waals surface area contributed by atoms with Gasteiger partial charge < -0.3 is 10.4 Å². The van der Waals surface area contributed by atoms with Crippen LogP contribution in [0.15, 0.2) is 0 Å². The van der Waals surface area contributed by atoms with Crippen LogP contribution < -0.4 is 5.32 Å². The summed E-state index contributed by atoms with van der Waals surface area (Å²) in [4.78, 5) is 23.3. The van der Waals surface area contributed by atoms with Gasteiger partial charge in [-0.2, -0.15) is 0 Å². The molecule has 4 nitrogen and oxygen atoms in total. The molecule has 4 aliphatic carbocycles. The van der Waals surface area contributed by atoms with Gasteiger partial charge in [-0.15, -0.1) is 0 Å². The van der Waals surface area contributed by atoms with Crippen LogP contribution >= 0.6 is 0 Å². The van der Waals surface area contributed by atoms with Crippen molar-refractivity contribution in [3.05, 3.63) is 0 Å². The number of aliphatic carboxylic acids is 1.